The molecule has 12 rings (SSSR count). The summed E-state index contributed by atoms with van der Waals surface area (Å²) in [7, 11) is 0. The summed E-state index contributed by atoms with van der Waals surface area (Å²) in [6.45, 7) is 0. The van der Waals surface area contributed by atoms with Gasteiger partial charge in [-0.2, -0.15) is 0 Å². The standard InChI is InChI=1S/C52H32N2O/c1-2-15-37(16-3-1)53-44-21-9-6-17-40(44)43-32-36(27-29-46(43)53)38-20-12-23-47-50(38)41-18-7-10-22-45(41)54(47)48-30-28-39(35-26-25-33-13-4-5-14-34(33)31-35)51-42-19-8-11-24-49(42)55-52(48)51/h1-32H. The van der Waals surface area contributed by atoms with E-state index in [2.05, 4.69) is 203 Å². The van der Waals surface area contributed by atoms with Gasteiger partial charge < -0.3 is 13.6 Å². The molecule has 9 aromatic carbocycles. The Bertz CT molecular complexity index is 3490. The monoisotopic (exact) mass is 700 g/mol. The second-order valence-electron chi connectivity index (χ2n) is 14.5. The number of furan rings is 1. The van der Waals surface area contributed by atoms with Crippen molar-refractivity contribution in [1.82, 2.24) is 9.13 Å². The molecule has 0 unspecified atom stereocenters. The van der Waals surface area contributed by atoms with Gasteiger partial charge in [-0.25, -0.2) is 0 Å². The molecule has 0 amide bonds. The van der Waals surface area contributed by atoms with E-state index in [1.807, 2.05) is 0 Å². The number of nitrogens with zero attached hydrogens (tertiary/aromatic N) is 2. The van der Waals surface area contributed by atoms with Gasteiger partial charge >= 0.3 is 0 Å². The van der Waals surface area contributed by atoms with Gasteiger partial charge in [-0.15, -0.1) is 0 Å². The van der Waals surface area contributed by atoms with Crippen molar-refractivity contribution in [3.8, 4) is 33.6 Å². The summed E-state index contributed by atoms with van der Waals surface area (Å²) >= 11 is 0. The highest BCUT2D eigenvalue weighted by Crippen LogP contribution is 2.45. The lowest BCUT2D eigenvalue weighted by Crippen LogP contribution is -1.95. The molecule has 0 N–H and O–H groups in total. The smallest absolute Gasteiger partial charge is 0.160 e. The summed E-state index contributed by atoms with van der Waals surface area (Å²) in [5, 5.41) is 9.64. The Kier molecular flexibility index (Phi) is 6.34. The third-order valence-electron chi connectivity index (χ3n) is 11.5. The fourth-order valence-corrected chi connectivity index (χ4v) is 9.10. The van der Waals surface area contributed by atoms with E-state index in [1.165, 1.54) is 65.6 Å². The molecule has 0 aliphatic heterocycles. The molecule has 0 atom stereocenters. The molecule has 0 saturated carbocycles. The summed E-state index contributed by atoms with van der Waals surface area (Å²) in [4.78, 5) is 0. The molecular formula is C52H32N2O. The van der Waals surface area contributed by atoms with Gasteiger partial charge in [0.05, 0.1) is 27.8 Å². The highest BCUT2D eigenvalue weighted by molar-refractivity contribution is 6.20. The topological polar surface area (TPSA) is 23.0 Å². The summed E-state index contributed by atoms with van der Waals surface area (Å²) < 4.78 is 11.7. The number of hydrogen-bond acceptors (Lipinski definition) is 1. The molecule has 0 bridgehead atoms. The van der Waals surface area contributed by atoms with Crippen molar-refractivity contribution in [3.63, 3.8) is 0 Å². The lowest BCUT2D eigenvalue weighted by atomic mass is 9.96. The highest BCUT2D eigenvalue weighted by atomic mass is 16.3. The van der Waals surface area contributed by atoms with Gasteiger partial charge in [0.25, 0.3) is 0 Å². The van der Waals surface area contributed by atoms with Crippen LogP contribution in [0.5, 0.6) is 0 Å². The number of hydrogen-bond donors (Lipinski definition) is 0. The number of para-hydroxylation sites is 4. The van der Waals surface area contributed by atoms with E-state index in [1.54, 1.807) is 0 Å². The Morgan fingerprint density at radius 3 is 1.85 bits per heavy atom. The largest absolute Gasteiger partial charge is 0.454 e. The van der Waals surface area contributed by atoms with E-state index in [0.29, 0.717) is 0 Å². The fourth-order valence-electron chi connectivity index (χ4n) is 9.10. The number of fused-ring (bicyclic) bond motifs is 10. The number of benzene rings is 9. The van der Waals surface area contributed by atoms with Gasteiger partial charge in [0.2, 0.25) is 0 Å². The van der Waals surface area contributed by atoms with E-state index >= 15 is 0 Å². The summed E-state index contributed by atoms with van der Waals surface area (Å²) in [6.07, 6.45) is 0. The second-order valence-corrected chi connectivity index (χ2v) is 14.5. The lowest BCUT2D eigenvalue weighted by molar-refractivity contribution is 0.666. The first-order valence-corrected chi connectivity index (χ1v) is 18.9. The molecule has 55 heavy (non-hydrogen) atoms. The summed E-state index contributed by atoms with van der Waals surface area (Å²) in [5.41, 5.74) is 13.4. The second kappa shape index (κ2) is 11.6. The van der Waals surface area contributed by atoms with Crippen molar-refractivity contribution in [2.45, 2.75) is 0 Å². The maximum absolute atomic E-state index is 6.87. The van der Waals surface area contributed by atoms with Crippen LogP contribution in [0.15, 0.2) is 199 Å². The first-order chi connectivity index (χ1) is 27.3. The zero-order chi connectivity index (χ0) is 36.0. The van der Waals surface area contributed by atoms with Gasteiger partial charge in [0.1, 0.15) is 5.58 Å². The Morgan fingerprint density at radius 1 is 0.345 bits per heavy atom. The minimum absolute atomic E-state index is 0.884. The zero-order valence-corrected chi connectivity index (χ0v) is 29.8. The molecule has 0 saturated heterocycles. The van der Waals surface area contributed by atoms with Gasteiger partial charge in [-0.3, -0.25) is 0 Å². The zero-order valence-electron chi connectivity index (χ0n) is 29.8. The van der Waals surface area contributed by atoms with Crippen molar-refractivity contribution >= 4 is 76.3 Å². The van der Waals surface area contributed by atoms with E-state index in [9.17, 15) is 0 Å². The minimum atomic E-state index is 0.884. The van der Waals surface area contributed by atoms with Crippen LogP contribution in [-0.2, 0) is 0 Å². The predicted octanol–water partition coefficient (Wildman–Crippen LogP) is 14.3. The van der Waals surface area contributed by atoms with Crippen molar-refractivity contribution in [3.05, 3.63) is 194 Å². The molecular weight excluding hydrogens is 669 g/mol. The first-order valence-electron chi connectivity index (χ1n) is 18.9. The molecule has 0 aliphatic rings. The van der Waals surface area contributed by atoms with Crippen LogP contribution in [0, 0.1) is 0 Å². The number of rotatable bonds is 4. The fraction of sp³-hybridized carbons (Fsp3) is 0. The van der Waals surface area contributed by atoms with Gasteiger partial charge in [-0.1, -0.05) is 133 Å². The van der Waals surface area contributed by atoms with Crippen LogP contribution >= 0.6 is 0 Å². The van der Waals surface area contributed by atoms with Gasteiger partial charge in [-0.05, 0) is 93.7 Å². The van der Waals surface area contributed by atoms with E-state index in [4.69, 9.17) is 4.42 Å². The molecule has 12 aromatic rings. The van der Waals surface area contributed by atoms with E-state index in [0.717, 1.165) is 44.3 Å². The van der Waals surface area contributed by atoms with Crippen molar-refractivity contribution in [2.75, 3.05) is 0 Å². The molecule has 3 aromatic heterocycles. The highest BCUT2D eigenvalue weighted by Gasteiger charge is 2.22. The SMILES string of the molecule is c1ccc(-n2c3ccccc3c3cc(-c4cccc5c4c4ccccc4n5-c4ccc(-c5ccc6ccccc6c5)c5c4oc4ccccc45)ccc32)cc1. The van der Waals surface area contributed by atoms with Crippen LogP contribution in [0.25, 0.3) is 110 Å². The molecule has 3 heterocycles. The van der Waals surface area contributed by atoms with E-state index in [-0.39, 0.29) is 0 Å². The normalized spacial score (nSPS) is 12.0. The molecule has 3 nitrogen and oxygen atoms in total. The third kappa shape index (κ3) is 4.38. The maximum Gasteiger partial charge on any atom is 0.160 e. The van der Waals surface area contributed by atoms with Gasteiger partial charge in [0.15, 0.2) is 5.58 Å². The molecule has 0 spiro atoms. The van der Waals surface area contributed by atoms with Crippen molar-refractivity contribution in [1.29, 1.82) is 0 Å². The molecule has 3 heteroatoms. The molecule has 256 valence electrons. The molecule has 0 fully saturated rings. The van der Waals surface area contributed by atoms with Crippen LogP contribution in [0.4, 0.5) is 0 Å². The van der Waals surface area contributed by atoms with Crippen LogP contribution in [0.1, 0.15) is 0 Å². The van der Waals surface area contributed by atoms with Gasteiger partial charge in [0, 0.05) is 38.0 Å². The van der Waals surface area contributed by atoms with E-state index < -0.39 is 0 Å². The van der Waals surface area contributed by atoms with Crippen LogP contribution < -0.4 is 0 Å². The van der Waals surface area contributed by atoms with Crippen LogP contribution in [0.2, 0.25) is 0 Å². The number of aromatic nitrogens is 2. The quantitative estimate of drug-likeness (QED) is 0.179. The average molecular weight is 701 g/mol. The Morgan fingerprint density at radius 2 is 0.982 bits per heavy atom. The average Bonchev–Trinajstić information content (AvgIpc) is 3.92. The minimum Gasteiger partial charge on any atom is -0.454 e. The summed E-state index contributed by atoms with van der Waals surface area (Å²) in [6, 6.07) is 70.1. The van der Waals surface area contributed by atoms with Crippen LogP contribution in [0.3, 0.4) is 0 Å². The summed E-state index contributed by atoms with van der Waals surface area (Å²) in [5.74, 6) is 0. The Labute approximate surface area is 316 Å². The molecule has 0 aliphatic carbocycles. The van der Waals surface area contributed by atoms with Crippen molar-refractivity contribution < 1.29 is 4.42 Å². The Hall–Kier alpha value is -7.36. The van der Waals surface area contributed by atoms with Crippen LogP contribution in [-0.4, -0.2) is 9.13 Å². The maximum atomic E-state index is 6.87. The third-order valence-corrected chi connectivity index (χ3v) is 11.5. The lowest BCUT2D eigenvalue weighted by Gasteiger charge is -2.12. The van der Waals surface area contributed by atoms with Crippen molar-refractivity contribution in [2.24, 2.45) is 0 Å². The Balaban J connectivity index is 1.12. The molecule has 0 radical (unpaired) electrons. The first kappa shape index (κ1) is 30.1. The predicted molar refractivity (Wildman–Crippen MR) is 231 cm³/mol.